The number of nitrogens with zero attached hydrogens (tertiary/aromatic N) is 3. The Hall–Kier alpha value is -2.40. The number of aryl methyl sites for hydroxylation is 1. The van der Waals surface area contributed by atoms with Gasteiger partial charge in [0.15, 0.2) is 5.13 Å². The number of carbonyl (C=O) groups excluding carboxylic acids is 1. The number of anilines is 2. The Balaban J connectivity index is 1.31. The third-order valence-electron chi connectivity index (χ3n) is 5.16. The van der Waals surface area contributed by atoms with Gasteiger partial charge in [0.05, 0.1) is 16.1 Å². The van der Waals surface area contributed by atoms with Crippen LogP contribution in [-0.4, -0.2) is 30.5 Å². The van der Waals surface area contributed by atoms with E-state index in [1.54, 1.807) is 11.3 Å². The van der Waals surface area contributed by atoms with Gasteiger partial charge in [-0.25, -0.2) is 4.98 Å². The number of rotatable bonds is 2. The van der Waals surface area contributed by atoms with E-state index in [0.717, 1.165) is 48.8 Å². The van der Waals surface area contributed by atoms with Crippen molar-refractivity contribution in [2.75, 3.05) is 29.4 Å². The second-order valence-corrected chi connectivity index (χ2v) is 7.80. The zero-order chi connectivity index (χ0) is 16.8. The fourth-order valence-electron chi connectivity index (χ4n) is 3.77. The van der Waals surface area contributed by atoms with E-state index in [9.17, 15) is 4.79 Å². The lowest BCUT2D eigenvalue weighted by Gasteiger charge is -2.41. The number of carbonyl (C=O) groups is 1. The zero-order valence-electron chi connectivity index (χ0n) is 13.9. The molecule has 1 aromatic heterocycles. The van der Waals surface area contributed by atoms with E-state index < -0.39 is 0 Å². The van der Waals surface area contributed by atoms with Gasteiger partial charge < -0.3 is 9.80 Å². The first-order valence-corrected chi connectivity index (χ1v) is 9.61. The highest BCUT2D eigenvalue weighted by molar-refractivity contribution is 7.22. The van der Waals surface area contributed by atoms with Gasteiger partial charge in [0.2, 0.25) is 5.91 Å². The van der Waals surface area contributed by atoms with Crippen molar-refractivity contribution in [1.29, 1.82) is 0 Å². The van der Waals surface area contributed by atoms with Crippen molar-refractivity contribution in [3.63, 3.8) is 0 Å². The minimum absolute atomic E-state index is 0.0816. The molecule has 0 saturated carbocycles. The number of hydrogen-bond acceptors (Lipinski definition) is 4. The Morgan fingerprint density at radius 3 is 2.76 bits per heavy atom. The average Bonchev–Trinajstić information content (AvgIpc) is 3.03. The molecule has 0 unspecified atom stereocenters. The molecular weight excluding hydrogens is 330 g/mol. The van der Waals surface area contributed by atoms with Crippen LogP contribution in [0.3, 0.4) is 0 Å². The van der Waals surface area contributed by atoms with Crippen LogP contribution in [0.4, 0.5) is 10.8 Å². The lowest BCUT2D eigenvalue weighted by Crippen LogP contribution is -2.55. The smallest absolute Gasteiger partial charge is 0.233 e. The number of hydrogen-bond donors (Lipinski definition) is 0. The minimum atomic E-state index is 0.0816. The molecule has 1 saturated heterocycles. The van der Waals surface area contributed by atoms with Gasteiger partial charge in [-0.2, -0.15) is 0 Å². The largest absolute Gasteiger partial charge is 0.346 e. The molecule has 2 aliphatic heterocycles. The van der Waals surface area contributed by atoms with Crippen molar-refractivity contribution in [2.45, 2.75) is 12.8 Å². The summed E-state index contributed by atoms with van der Waals surface area (Å²) in [6.07, 6.45) is 2.12. The highest BCUT2D eigenvalue weighted by Crippen LogP contribution is 2.35. The summed E-state index contributed by atoms with van der Waals surface area (Å²) in [6, 6.07) is 16.5. The molecule has 0 radical (unpaired) electrons. The van der Waals surface area contributed by atoms with E-state index in [1.165, 1.54) is 10.3 Å². The van der Waals surface area contributed by atoms with Crippen LogP contribution in [0.15, 0.2) is 48.5 Å². The van der Waals surface area contributed by atoms with Crippen molar-refractivity contribution in [3.05, 3.63) is 54.1 Å². The Labute approximate surface area is 150 Å². The van der Waals surface area contributed by atoms with Gasteiger partial charge in [0.1, 0.15) is 0 Å². The predicted molar refractivity (Wildman–Crippen MR) is 102 cm³/mol. The van der Waals surface area contributed by atoms with E-state index in [-0.39, 0.29) is 11.8 Å². The predicted octanol–water partition coefficient (Wildman–Crippen LogP) is 3.71. The number of aromatic nitrogens is 1. The van der Waals surface area contributed by atoms with Crippen molar-refractivity contribution < 1.29 is 4.79 Å². The molecule has 0 N–H and O–H groups in total. The van der Waals surface area contributed by atoms with Gasteiger partial charge in [-0.1, -0.05) is 41.7 Å². The van der Waals surface area contributed by atoms with Crippen LogP contribution in [-0.2, 0) is 11.2 Å². The summed E-state index contributed by atoms with van der Waals surface area (Å²) in [4.78, 5) is 21.9. The fraction of sp³-hybridized carbons (Fsp3) is 0.300. The van der Waals surface area contributed by atoms with Crippen LogP contribution in [0.25, 0.3) is 10.2 Å². The van der Waals surface area contributed by atoms with Crippen LogP contribution >= 0.6 is 11.3 Å². The topological polar surface area (TPSA) is 36.4 Å². The van der Waals surface area contributed by atoms with Gasteiger partial charge in [-0.15, -0.1) is 0 Å². The van der Waals surface area contributed by atoms with Crippen LogP contribution in [0.2, 0.25) is 0 Å². The summed E-state index contributed by atoms with van der Waals surface area (Å²) in [6.45, 7) is 2.39. The van der Waals surface area contributed by atoms with Gasteiger partial charge in [0.25, 0.3) is 0 Å². The second kappa shape index (κ2) is 5.85. The first kappa shape index (κ1) is 14.9. The lowest BCUT2D eigenvalue weighted by atomic mass is 9.95. The third kappa shape index (κ3) is 2.50. The van der Waals surface area contributed by atoms with Crippen molar-refractivity contribution >= 4 is 38.3 Å². The monoisotopic (exact) mass is 349 g/mol. The molecule has 0 atom stereocenters. The minimum Gasteiger partial charge on any atom is -0.346 e. The molecule has 5 rings (SSSR count). The highest BCUT2D eigenvalue weighted by Gasteiger charge is 2.38. The summed E-state index contributed by atoms with van der Waals surface area (Å²) < 4.78 is 1.21. The second-order valence-electron chi connectivity index (χ2n) is 6.79. The number of amides is 1. The molecule has 0 aliphatic carbocycles. The number of para-hydroxylation sites is 2. The molecule has 2 aliphatic rings. The molecule has 5 heteroatoms. The van der Waals surface area contributed by atoms with E-state index in [1.807, 2.05) is 29.2 Å². The standard InChI is InChI=1S/C20H19N3OS/c24-19(23-11-5-7-14-6-1-3-9-17(14)23)15-12-22(13-15)20-21-16-8-2-4-10-18(16)25-20/h1-4,6,8-10,15H,5,7,11-13H2. The maximum Gasteiger partial charge on any atom is 0.233 e. The molecule has 0 bridgehead atoms. The Kier molecular flexibility index (Phi) is 3.48. The van der Waals surface area contributed by atoms with Crippen LogP contribution in [0, 0.1) is 5.92 Å². The third-order valence-corrected chi connectivity index (χ3v) is 6.26. The average molecular weight is 349 g/mol. The van der Waals surface area contributed by atoms with Crippen LogP contribution < -0.4 is 9.80 Å². The van der Waals surface area contributed by atoms with Gasteiger partial charge >= 0.3 is 0 Å². The summed E-state index contributed by atoms with van der Waals surface area (Å²) in [5.41, 5.74) is 3.45. The number of fused-ring (bicyclic) bond motifs is 2. The molecular formula is C20H19N3OS. The fourth-order valence-corrected chi connectivity index (χ4v) is 4.75. The maximum atomic E-state index is 13.0. The van der Waals surface area contributed by atoms with E-state index in [4.69, 9.17) is 4.98 Å². The number of thiazole rings is 1. The molecule has 4 nitrogen and oxygen atoms in total. The Morgan fingerprint density at radius 1 is 1.08 bits per heavy atom. The molecule has 25 heavy (non-hydrogen) atoms. The summed E-state index contributed by atoms with van der Waals surface area (Å²) in [7, 11) is 0. The molecule has 1 fully saturated rings. The normalized spacial score (nSPS) is 17.4. The van der Waals surface area contributed by atoms with Gasteiger partial charge in [-0.3, -0.25) is 4.79 Å². The molecule has 0 spiro atoms. The molecule has 3 heterocycles. The first-order valence-electron chi connectivity index (χ1n) is 8.79. The number of benzene rings is 2. The van der Waals surface area contributed by atoms with E-state index in [2.05, 4.69) is 29.2 Å². The van der Waals surface area contributed by atoms with E-state index >= 15 is 0 Å². The van der Waals surface area contributed by atoms with Crippen molar-refractivity contribution in [1.82, 2.24) is 4.98 Å². The summed E-state index contributed by atoms with van der Waals surface area (Å²) >= 11 is 1.71. The Morgan fingerprint density at radius 2 is 1.88 bits per heavy atom. The molecule has 126 valence electrons. The first-order chi connectivity index (χ1) is 12.3. The summed E-state index contributed by atoms with van der Waals surface area (Å²) in [5.74, 6) is 0.350. The van der Waals surface area contributed by atoms with E-state index in [0.29, 0.717) is 0 Å². The lowest BCUT2D eigenvalue weighted by molar-refractivity contribution is -0.123. The van der Waals surface area contributed by atoms with Gasteiger partial charge in [-0.05, 0) is 36.6 Å². The quantitative estimate of drug-likeness (QED) is 0.708. The molecule has 3 aromatic rings. The highest BCUT2D eigenvalue weighted by atomic mass is 32.1. The molecule has 2 aromatic carbocycles. The zero-order valence-corrected chi connectivity index (χ0v) is 14.7. The molecule has 1 amide bonds. The SMILES string of the molecule is O=C(C1CN(c2nc3ccccc3s2)C1)N1CCCc2ccccc21. The van der Waals surface area contributed by atoms with Gasteiger partial charge in [0, 0.05) is 25.3 Å². The van der Waals surface area contributed by atoms with Crippen LogP contribution in [0.1, 0.15) is 12.0 Å². The summed E-state index contributed by atoms with van der Waals surface area (Å²) in [5, 5.41) is 1.03. The Bertz CT molecular complexity index is 912. The van der Waals surface area contributed by atoms with Crippen molar-refractivity contribution in [3.8, 4) is 0 Å². The van der Waals surface area contributed by atoms with Crippen molar-refractivity contribution in [2.24, 2.45) is 5.92 Å². The van der Waals surface area contributed by atoms with Crippen LogP contribution in [0.5, 0.6) is 0 Å². The maximum absolute atomic E-state index is 13.0.